The number of piperazine rings is 1. The van der Waals surface area contributed by atoms with Gasteiger partial charge in [0, 0.05) is 45.1 Å². The molecule has 31 heavy (non-hydrogen) atoms. The lowest BCUT2D eigenvalue weighted by atomic mass is 10.1. The Morgan fingerprint density at radius 2 is 1.87 bits per heavy atom. The van der Waals surface area contributed by atoms with Gasteiger partial charge in [0.15, 0.2) is 6.10 Å². The predicted molar refractivity (Wildman–Crippen MR) is 119 cm³/mol. The van der Waals surface area contributed by atoms with Crippen LogP contribution in [0.15, 0.2) is 42.7 Å². The summed E-state index contributed by atoms with van der Waals surface area (Å²) in [5, 5.41) is 12.2. The summed E-state index contributed by atoms with van der Waals surface area (Å²) in [5.74, 6) is 1.07. The number of rotatable bonds is 9. The van der Waals surface area contributed by atoms with Crippen LogP contribution < -0.4 is 15.0 Å². The van der Waals surface area contributed by atoms with Crippen molar-refractivity contribution in [2.45, 2.75) is 26.4 Å². The molecule has 8 nitrogen and oxygen atoms in total. The number of anilines is 1. The lowest BCUT2D eigenvalue weighted by Crippen LogP contribution is -2.48. The smallest absolute Gasteiger partial charge is 0.261 e. The standard InChI is InChI=1S/C23H30N6O2/c1-18(2)21(31-20-8-4-3-7-19(20)17-24)22(30)25-11-6-12-28-13-15-29(16-14-28)23-26-9-5-10-27-23/h3-5,7-10,18,21H,6,11-16H2,1-2H3,(H,25,30). The second-order valence-electron chi connectivity index (χ2n) is 7.91. The molecule has 0 bridgehead atoms. The van der Waals surface area contributed by atoms with Gasteiger partial charge in [-0.05, 0) is 37.1 Å². The summed E-state index contributed by atoms with van der Waals surface area (Å²) < 4.78 is 5.90. The van der Waals surface area contributed by atoms with E-state index in [1.165, 1.54) is 0 Å². The zero-order valence-electron chi connectivity index (χ0n) is 18.2. The van der Waals surface area contributed by atoms with Gasteiger partial charge in [-0.2, -0.15) is 5.26 Å². The molecule has 2 heterocycles. The quantitative estimate of drug-likeness (QED) is 0.618. The van der Waals surface area contributed by atoms with E-state index in [2.05, 4.69) is 31.2 Å². The Bertz CT molecular complexity index is 875. The highest BCUT2D eigenvalue weighted by molar-refractivity contribution is 5.81. The van der Waals surface area contributed by atoms with Crippen molar-refractivity contribution in [2.75, 3.05) is 44.2 Å². The van der Waals surface area contributed by atoms with E-state index in [4.69, 9.17) is 4.74 Å². The van der Waals surface area contributed by atoms with Crippen molar-refractivity contribution in [1.29, 1.82) is 5.26 Å². The Labute approximate surface area is 183 Å². The number of hydrogen-bond donors (Lipinski definition) is 1. The Balaban J connectivity index is 1.40. The highest BCUT2D eigenvalue weighted by atomic mass is 16.5. The molecule has 0 spiro atoms. The fourth-order valence-corrected chi connectivity index (χ4v) is 3.53. The molecule has 0 saturated carbocycles. The van der Waals surface area contributed by atoms with Crippen LogP contribution in [-0.4, -0.2) is 66.1 Å². The number of carbonyl (C=O) groups is 1. The molecule has 1 saturated heterocycles. The van der Waals surface area contributed by atoms with Crippen LogP contribution in [0.2, 0.25) is 0 Å². The van der Waals surface area contributed by atoms with E-state index < -0.39 is 6.10 Å². The molecule has 1 amide bonds. The first-order chi connectivity index (χ1) is 15.1. The molecule has 1 aliphatic heterocycles. The third-order valence-electron chi connectivity index (χ3n) is 5.28. The Kier molecular flexibility index (Phi) is 8.19. The van der Waals surface area contributed by atoms with Crippen LogP contribution in [-0.2, 0) is 4.79 Å². The monoisotopic (exact) mass is 422 g/mol. The van der Waals surface area contributed by atoms with Crippen molar-refractivity contribution < 1.29 is 9.53 Å². The van der Waals surface area contributed by atoms with E-state index in [-0.39, 0.29) is 11.8 Å². The molecule has 0 aliphatic carbocycles. The molecule has 8 heteroatoms. The maximum absolute atomic E-state index is 12.7. The number of amides is 1. The fourth-order valence-electron chi connectivity index (χ4n) is 3.53. The van der Waals surface area contributed by atoms with Crippen molar-refractivity contribution in [3.05, 3.63) is 48.3 Å². The summed E-state index contributed by atoms with van der Waals surface area (Å²) in [6, 6.07) is 10.9. The van der Waals surface area contributed by atoms with Gasteiger partial charge in [-0.3, -0.25) is 9.69 Å². The Morgan fingerprint density at radius 1 is 1.16 bits per heavy atom. The minimum atomic E-state index is -0.635. The van der Waals surface area contributed by atoms with E-state index in [9.17, 15) is 10.1 Å². The van der Waals surface area contributed by atoms with Gasteiger partial charge in [-0.15, -0.1) is 0 Å². The second kappa shape index (κ2) is 11.3. The van der Waals surface area contributed by atoms with Gasteiger partial charge in [0.25, 0.3) is 5.91 Å². The van der Waals surface area contributed by atoms with E-state index in [0.29, 0.717) is 17.9 Å². The number of ether oxygens (including phenoxy) is 1. The van der Waals surface area contributed by atoms with Gasteiger partial charge in [0.05, 0.1) is 5.56 Å². The fraction of sp³-hybridized carbons (Fsp3) is 0.478. The topological polar surface area (TPSA) is 94.4 Å². The number of benzene rings is 1. The van der Waals surface area contributed by atoms with Crippen molar-refractivity contribution in [3.63, 3.8) is 0 Å². The summed E-state index contributed by atoms with van der Waals surface area (Å²) in [7, 11) is 0. The minimum absolute atomic E-state index is 0.0139. The molecule has 1 atom stereocenters. The van der Waals surface area contributed by atoms with Crippen molar-refractivity contribution in [2.24, 2.45) is 5.92 Å². The zero-order chi connectivity index (χ0) is 22.1. The number of carbonyl (C=O) groups excluding carboxylic acids is 1. The first-order valence-electron chi connectivity index (χ1n) is 10.8. The normalized spacial score (nSPS) is 15.4. The van der Waals surface area contributed by atoms with Gasteiger partial charge in [0.2, 0.25) is 5.95 Å². The average Bonchev–Trinajstić information content (AvgIpc) is 2.81. The molecular weight excluding hydrogens is 392 g/mol. The SMILES string of the molecule is CC(C)C(Oc1ccccc1C#N)C(=O)NCCCN1CCN(c2ncccn2)CC1. The van der Waals surface area contributed by atoms with Crippen molar-refractivity contribution >= 4 is 11.9 Å². The van der Waals surface area contributed by atoms with Gasteiger partial charge in [-0.25, -0.2) is 9.97 Å². The molecule has 164 valence electrons. The van der Waals surface area contributed by atoms with Crippen LogP contribution >= 0.6 is 0 Å². The molecule has 1 aromatic carbocycles. The van der Waals surface area contributed by atoms with Crippen molar-refractivity contribution in [1.82, 2.24) is 20.2 Å². The van der Waals surface area contributed by atoms with Crippen LogP contribution in [0, 0.1) is 17.2 Å². The van der Waals surface area contributed by atoms with Crippen LogP contribution in [0.4, 0.5) is 5.95 Å². The molecular formula is C23H30N6O2. The minimum Gasteiger partial charge on any atom is -0.479 e. The number of nitrogens with one attached hydrogen (secondary N) is 1. The first-order valence-corrected chi connectivity index (χ1v) is 10.8. The van der Waals surface area contributed by atoms with E-state index >= 15 is 0 Å². The van der Waals surface area contributed by atoms with E-state index in [0.717, 1.165) is 45.1 Å². The summed E-state index contributed by atoms with van der Waals surface area (Å²) in [6.45, 7) is 9.10. The largest absolute Gasteiger partial charge is 0.479 e. The van der Waals surface area contributed by atoms with Gasteiger partial charge in [-0.1, -0.05) is 26.0 Å². The molecule has 2 aromatic rings. The molecule has 1 unspecified atom stereocenters. The first kappa shape index (κ1) is 22.5. The molecule has 0 radical (unpaired) electrons. The van der Waals surface area contributed by atoms with Crippen LogP contribution in [0.1, 0.15) is 25.8 Å². The van der Waals surface area contributed by atoms with Crippen molar-refractivity contribution in [3.8, 4) is 11.8 Å². The predicted octanol–water partition coefficient (Wildman–Crippen LogP) is 2.08. The van der Waals surface area contributed by atoms with E-state index in [1.54, 1.807) is 36.7 Å². The number of para-hydroxylation sites is 1. The lowest BCUT2D eigenvalue weighted by Gasteiger charge is -2.34. The maximum Gasteiger partial charge on any atom is 0.261 e. The van der Waals surface area contributed by atoms with Gasteiger partial charge >= 0.3 is 0 Å². The van der Waals surface area contributed by atoms with Gasteiger partial charge < -0.3 is 15.0 Å². The number of hydrogen-bond acceptors (Lipinski definition) is 7. The Morgan fingerprint density at radius 3 is 2.55 bits per heavy atom. The summed E-state index contributed by atoms with van der Waals surface area (Å²) in [4.78, 5) is 25.9. The number of aromatic nitrogens is 2. The third kappa shape index (κ3) is 6.40. The maximum atomic E-state index is 12.7. The van der Waals surface area contributed by atoms with E-state index in [1.807, 2.05) is 19.9 Å². The zero-order valence-corrected chi connectivity index (χ0v) is 18.2. The molecule has 1 N–H and O–H groups in total. The average molecular weight is 423 g/mol. The lowest BCUT2D eigenvalue weighted by molar-refractivity contribution is -0.129. The van der Waals surface area contributed by atoms with Crippen LogP contribution in [0.25, 0.3) is 0 Å². The molecule has 1 aliphatic rings. The third-order valence-corrected chi connectivity index (χ3v) is 5.28. The van der Waals surface area contributed by atoms with Gasteiger partial charge in [0.1, 0.15) is 11.8 Å². The van der Waals surface area contributed by atoms with Crippen LogP contribution in [0.3, 0.4) is 0 Å². The molecule has 1 aromatic heterocycles. The highest BCUT2D eigenvalue weighted by Crippen LogP contribution is 2.20. The summed E-state index contributed by atoms with van der Waals surface area (Å²) in [6.07, 6.45) is 3.77. The summed E-state index contributed by atoms with van der Waals surface area (Å²) in [5.41, 5.74) is 0.431. The number of nitriles is 1. The summed E-state index contributed by atoms with van der Waals surface area (Å²) >= 11 is 0. The second-order valence-corrected chi connectivity index (χ2v) is 7.91. The molecule has 3 rings (SSSR count). The molecule has 1 fully saturated rings. The Hall–Kier alpha value is -3.18. The number of nitrogens with zero attached hydrogens (tertiary/aromatic N) is 5. The van der Waals surface area contributed by atoms with Crippen LogP contribution in [0.5, 0.6) is 5.75 Å². The highest BCUT2D eigenvalue weighted by Gasteiger charge is 2.25.